The smallest absolute Gasteiger partial charge is 0.102 e. The Morgan fingerprint density at radius 3 is 0.980 bits per heavy atom. The van der Waals surface area contributed by atoms with Crippen molar-refractivity contribution in [3.05, 3.63) is 0 Å². The van der Waals surface area contributed by atoms with Gasteiger partial charge in [-0.3, -0.25) is 0 Å². The quantitative estimate of drug-likeness (QED) is 0.0463. The predicted molar refractivity (Wildman–Crippen MR) is 223 cm³/mol. The van der Waals surface area contributed by atoms with Gasteiger partial charge in [-0.15, -0.1) is 0 Å². The van der Waals surface area contributed by atoms with Gasteiger partial charge in [0.15, 0.2) is 0 Å². The summed E-state index contributed by atoms with van der Waals surface area (Å²) in [6, 6.07) is 0. The highest BCUT2D eigenvalue weighted by atomic mass is 16.5. The lowest BCUT2D eigenvalue weighted by Crippen LogP contribution is -2.50. The molecule has 0 radical (unpaired) electrons. The second-order valence-electron chi connectivity index (χ2n) is 16.1. The molecule has 0 unspecified atom stereocenters. The highest BCUT2D eigenvalue weighted by Crippen LogP contribution is 2.28. The van der Waals surface area contributed by atoms with E-state index in [1.807, 2.05) is 0 Å². The molecule has 0 rings (SSSR count). The minimum atomic E-state index is -0.0826. The summed E-state index contributed by atoms with van der Waals surface area (Å²) in [6.45, 7) is 34.3. The number of ether oxygens (including phenoxy) is 4. The normalized spacial score (nSPS) is 12.7. The van der Waals surface area contributed by atoms with E-state index in [1.54, 1.807) is 0 Å². The van der Waals surface area contributed by atoms with Crippen LogP contribution in [-0.4, -0.2) is 114 Å². The van der Waals surface area contributed by atoms with E-state index in [4.69, 9.17) is 18.9 Å². The lowest BCUT2D eigenvalue weighted by Gasteiger charge is -2.38. The molecule has 0 fully saturated rings. The van der Waals surface area contributed by atoms with Crippen LogP contribution in [-0.2, 0) is 18.9 Å². The summed E-state index contributed by atoms with van der Waals surface area (Å²) in [5.74, 6) is 0. The first-order chi connectivity index (χ1) is 24.9. The summed E-state index contributed by atoms with van der Waals surface area (Å²) < 4.78 is 28.0. The van der Waals surface area contributed by atoms with Crippen LogP contribution in [0.2, 0.25) is 0 Å². The predicted octanol–water partition coefficient (Wildman–Crippen LogP) is 11.6. The van der Waals surface area contributed by atoms with E-state index in [2.05, 4.69) is 55.4 Å². The standard InChI is InChI=1S/C45H96N2O4/c1-9-17-19-21-22-23-24-25-28-33-39-49-42-45(43-50-40-35-46(11-3,12-4)13-5,44-51-41-36-47(14-6,15-7)16-8)34-30-27-26-29-32-38-48-37-31-20-18-10-2/h9-44H2,1-8H3/q+2. The monoisotopic (exact) mass is 729 g/mol. The van der Waals surface area contributed by atoms with Crippen molar-refractivity contribution in [1.82, 2.24) is 0 Å². The Morgan fingerprint density at radius 1 is 0.314 bits per heavy atom. The molecule has 0 bridgehead atoms. The van der Waals surface area contributed by atoms with Crippen molar-refractivity contribution in [3.8, 4) is 0 Å². The van der Waals surface area contributed by atoms with E-state index >= 15 is 0 Å². The molecule has 0 aromatic heterocycles. The Bertz CT molecular complexity index is 623. The van der Waals surface area contributed by atoms with E-state index in [-0.39, 0.29) is 5.41 Å². The van der Waals surface area contributed by atoms with E-state index in [0.29, 0.717) is 0 Å². The molecule has 0 aliphatic heterocycles. The second-order valence-corrected chi connectivity index (χ2v) is 16.1. The largest absolute Gasteiger partial charge is 0.381 e. The number of rotatable bonds is 42. The van der Waals surface area contributed by atoms with Gasteiger partial charge >= 0.3 is 0 Å². The van der Waals surface area contributed by atoms with Crippen LogP contribution in [0, 0.1) is 5.41 Å². The summed E-state index contributed by atoms with van der Waals surface area (Å²) in [7, 11) is 0. The third-order valence-corrected chi connectivity index (χ3v) is 12.4. The van der Waals surface area contributed by atoms with Crippen molar-refractivity contribution in [2.24, 2.45) is 5.41 Å². The average Bonchev–Trinajstić information content (AvgIpc) is 3.16. The molecule has 0 aliphatic rings. The van der Waals surface area contributed by atoms with Crippen molar-refractivity contribution in [3.63, 3.8) is 0 Å². The molecule has 0 atom stereocenters. The Kier molecular flexibility index (Phi) is 35.3. The Labute approximate surface area is 321 Å². The van der Waals surface area contributed by atoms with Crippen LogP contribution in [0.5, 0.6) is 0 Å². The van der Waals surface area contributed by atoms with Crippen LogP contribution in [0.25, 0.3) is 0 Å². The zero-order valence-electron chi connectivity index (χ0n) is 36.5. The Hall–Kier alpha value is -0.240. The Morgan fingerprint density at radius 2 is 0.608 bits per heavy atom. The fourth-order valence-corrected chi connectivity index (χ4v) is 7.67. The first-order valence-corrected chi connectivity index (χ1v) is 22.9. The molecule has 0 heterocycles. The molecule has 0 spiro atoms. The van der Waals surface area contributed by atoms with Gasteiger partial charge in [-0.05, 0) is 67.2 Å². The van der Waals surface area contributed by atoms with E-state index in [9.17, 15) is 0 Å². The van der Waals surface area contributed by atoms with Gasteiger partial charge in [0, 0.05) is 25.2 Å². The zero-order chi connectivity index (χ0) is 37.8. The minimum Gasteiger partial charge on any atom is -0.381 e. The average molecular weight is 729 g/mol. The van der Waals surface area contributed by atoms with E-state index in [0.717, 1.165) is 81.3 Å². The van der Waals surface area contributed by atoms with Crippen molar-refractivity contribution in [2.45, 2.75) is 184 Å². The first kappa shape index (κ1) is 50.8. The second kappa shape index (κ2) is 35.5. The fourth-order valence-electron chi connectivity index (χ4n) is 7.67. The number of unbranched alkanes of at least 4 members (excludes halogenated alkanes) is 16. The van der Waals surface area contributed by atoms with Crippen LogP contribution >= 0.6 is 0 Å². The van der Waals surface area contributed by atoms with Gasteiger partial charge in [0.2, 0.25) is 0 Å². The van der Waals surface area contributed by atoms with Crippen molar-refractivity contribution >= 4 is 0 Å². The molecule has 6 nitrogen and oxygen atoms in total. The van der Waals surface area contributed by atoms with Crippen LogP contribution in [0.4, 0.5) is 0 Å². The third-order valence-electron chi connectivity index (χ3n) is 12.4. The lowest BCUT2D eigenvalue weighted by atomic mass is 9.84. The van der Waals surface area contributed by atoms with Crippen molar-refractivity contribution in [2.75, 3.05) is 105 Å². The molecule has 308 valence electrons. The summed E-state index contributed by atoms with van der Waals surface area (Å²) in [5.41, 5.74) is -0.0826. The number of hydrogen-bond acceptors (Lipinski definition) is 4. The molecule has 0 saturated heterocycles. The van der Waals surface area contributed by atoms with E-state index < -0.39 is 0 Å². The van der Waals surface area contributed by atoms with Gasteiger partial charge in [0.25, 0.3) is 0 Å². The highest BCUT2D eigenvalue weighted by Gasteiger charge is 2.33. The molecule has 0 saturated carbocycles. The van der Waals surface area contributed by atoms with Gasteiger partial charge < -0.3 is 27.9 Å². The van der Waals surface area contributed by atoms with Crippen LogP contribution in [0.15, 0.2) is 0 Å². The highest BCUT2D eigenvalue weighted by molar-refractivity contribution is 4.80. The number of likely N-dealkylation sites (N-methyl/N-ethyl adjacent to an activating group) is 2. The molecule has 6 heteroatoms. The SMILES string of the molecule is CCCCCCCCCCCCOCC(CCCCCCCOCCCCCC)(COCC[N+](CC)(CC)CC)COCC[N+](CC)(CC)CC. The summed E-state index contributed by atoms with van der Waals surface area (Å²) >= 11 is 0. The van der Waals surface area contributed by atoms with Crippen LogP contribution in [0.3, 0.4) is 0 Å². The molecule has 51 heavy (non-hydrogen) atoms. The summed E-state index contributed by atoms with van der Waals surface area (Å²) in [6.07, 6.45) is 26.0. The summed E-state index contributed by atoms with van der Waals surface area (Å²) in [5, 5.41) is 0. The maximum absolute atomic E-state index is 6.64. The summed E-state index contributed by atoms with van der Waals surface area (Å²) in [4.78, 5) is 0. The molecule has 0 aliphatic carbocycles. The fraction of sp³-hybridized carbons (Fsp3) is 1.00. The Balaban J connectivity index is 5.22. The molecule has 0 amide bonds. The minimum absolute atomic E-state index is 0.0826. The molecule has 0 aromatic rings. The third kappa shape index (κ3) is 26.2. The number of quaternary nitrogens is 2. The first-order valence-electron chi connectivity index (χ1n) is 22.9. The van der Waals surface area contributed by atoms with Crippen LogP contribution in [0.1, 0.15) is 184 Å². The van der Waals surface area contributed by atoms with Gasteiger partial charge in [-0.25, -0.2) is 0 Å². The van der Waals surface area contributed by atoms with Gasteiger partial charge in [-0.2, -0.15) is 0 Å². The van der Waals surface area contributed by atoms with Crippen molar-refractivity contribution < 1.29 is 27.9 Å². The maximum Gasteiger partial charge on any atom is 0.102 e. The van der Waals surface area contributed by atoms with Gasteiger partial charge in [0.05, 0.1) is 72.3 Å². The molecule has 0 aromatic carbocycles. The van der Waals surface area contributed by atoms with Gasteiger partial charge in [0.1, 0.15) is 13.1 Å². The molecular formula is C45H96N2O4+2. The van der Waals surface area contributed by atoms with Crippen molar-refractivity contribution in [1.29, 1.82) is 0 Å². The molecule has 0 N–H and O–H groups in total. The number of hydrogen-bond donors (Lipinski definition) is 0. The maximum atomic E-state index is 6.64. The molecular weight excluding hydrogens is 633 g/mol. The van der Waals surface area contributed by atoms with E-state index in [1.165, 1.54) is 161 Å². The topological polar surface area (TPSA) is 36.9 Å². The van der Waals surface area contributed by atoms with Crippen LogP contribution < -0.4 is 0 Å². The van der Waals surface area contributed by atoms with Gasteiger partial charge in [-0.1, -0.05) is 117 Å². The zero-order valence-corrected chi connectivity index (χ0v) is 36.5. The number of nitrogens with zero attached hydrogens (tertiary/aromatic N) is 2. The lowest BCUT2D eigenvalue weighted by molar-refractivity contribution is -0.923.